The van der Waals surface area contributed by atoms with Crippen LogP contribution in [0.15, 0.2) is 29.2 Å². The highest BCUT2D eigenvalue weighted by Gasteiger charge is 2.23. The smallest absolute Gasteiger partial charge is 0.243 e. The van der Waals surface area contributed by atoms with Gasteiger partial charge in [-0.3, -0.25) is 10.1 Å². The van der Waals surface area contributed by atoms with Crippen LogP contribution in [0.1, 0.15) is 31.2 Å². The maximum atomic E-state index is 12.9. The van der Waals surface area contributed by atoms with Crippen molar-refractivity contribution in [1.29, 1.82) is 0 Å². The molecule has 1 aromatic carbocycles. The van der Waals surface area contributed by atoms with Crippen LogP contribution < -0.4 is 5.32 Å². The molecule has 2 rings (SSSR count). The lowest BCUT2D eigenvalue weighted by Crippen LogP contribution is -2.34. The predicted molar refractivity (Wildman–Crippen MR) is 98.0 cm³/mol. The molecular weight excluding hydrogens is 379 g/mol. The van der Waals surface area contributed by atoms with Gasteiger partial charge in [-0.15, -0.1) is 10.2 Å². The lowest BCUT2D eigenvalue weighted by Gasteiger charge is -2.16. The number of halogens is 1. The zero-order valence-electron chi connectivity index (χ0n) is 14.6. The zero-order chi connectivity index (χ0) is 19.2. The van der Waals surface area contributed by atoms with Gasteiger partial charge in [-0.1, -0.05) is 31.1 Å². The first kappa shape index (κ1) is 20.4. The van der Waals surface area contributed by atoms with Gasteiger partial charge in [0.05, 0.1) is 11.4 Å². The number of hydrogen-bond donors (Lipinski definition) is 1. The third-order valence-corrected chi connectivity index (χ3v) is 6.31. The van der Waals surface area contributed by atoms with Crippen molar-refractivity contribution < 1.29 is 17.6 Å². The maximum absolute atomic E-state index is 12.9. The van der Waals surface area contributed by atoms with E-state index in [0.717, 1.165) is 59.3 Å². The van der Waals surface area contributed by atoms with Gasteiger partial charge in [0.25, 0.3) is 0 Å². The summed E-state index contributed by atoms with van der Waals surface area (Å²) in [6.07, 6.45) is 4.03. The fourth-order valence-corrected chi connectivity index (χ4v) is 4.09. The van der Waals surface area contributed by atoms with Crippen LogP contribution in [0.4, 0.5) is 9.52 Å². The van der Waals surface area contributed by atoms with Crippen molar-refractivity contribution in [3.05, 3.63) is 35.1 Å². The van der Waals surface area contributed by atoms with E-state index >= 15 is 0 Å². The third-order valence-electron chi connectivity index (χ3n) is 3.60. The number of nitrogens with zero attached hydrogens (tertiary/aromatic N) is 3. The number of unbranched alkanes of at least 4 members (excludes halogenated alkanes) is 2. The minimum absolute atomic E-state index is 0.0803. The largest absolute Gasteiger partial charge is 0.299 e. The van der Waals surface area contributed by atoms with E-state index in [4.69, 9.17) is 0 Å². The summed E-state index contributed by atoms with van der Waals surface area (Å²) in [6.45, 7) is 1.73. The lowest BCUT2D eigenvalue weighted by atomic mass is 10.2. The van der Waals surface area contributed by atoms with E-state index in [0.29, 0.717) is 5.13 Å². The number of nitrogens with one attached hydrogen (secondary N) is 1. The highest BCUT2D eigenvalue weighted by Crippen LogP contribution is 2.18. The van der Waals surface area contributed by atoms with Crippen LogP contribution in [0.25, 0.3) is 0 Å². The number of aryl methyl sites for hydroxylation is 1. The number of sulfonamides is 1. The molecule has 1 N–H and O–H groups in total. The number of hydrogen-bond acceptors (Lipinski definition) is 6. The van der Waals surface area contributed by atoms with Crippen molar-refractivity contribution in [3.63, 3.8) is 0 Å². The number of amides is 1. The van der Waals surface area contributed by atoms with Crippen molar-refractivity contribution >= 4 is 32.4 Å². The molecule has 0 unspecified atom stereocenters. The highest BCUT2D eigenvalue weighted by molar-refractivity contribution is 7.89. The summed E-state index contributed by atoms with van der Waals surface area (Å²) in [5, 5.41) is 11.6. The summed E-state index contributed by atoms with van der Waals surface area (Å²) in [5.74, 6) is -1.05. The predicted octanol–water partition coefficient (Wildman–Crippen LogP) is 2.67. The molecule has 0 aliphatic carbocycles. The van der Waals surface area contributed by atoms with Gasteiger partial charge in [0.15, 0.2) is 0 Å². The molecule has 0 aliphatic heterocycles. The van der Waals surface area contributed by atoms with Gasteiger partial charge in [0.1, 0.15) is 10.8 Å². The molecule has 0 bridgehead atoms. The van der Waals surface area contributed by atoms with E-state index in [1.807, 2.05) is 0 Å². The molecular formula is C16H21FN4O3S2. The Hall–Kier alpha value is -1.91. The van der Waals surface area contributed by atoms with E-state index in [-0.39, 0.29) is 11.4 Å². The average Bonchev–Trinajstić information content (AvgIpc) is 3.02. The van der Waals surface area contributed by atoms with Gasteiger partial charge in [-0.2, -0.15) is 4.31 Å². The van der Waals surface area contributed by atoms with Gasteiger partial charge in [0, 0.05) is 13.5 Å². The number of aromatic nitrogens is 2. The lowest BCUT2D eigenvalue weighted by molar-refractivity contribution is -0.116. The summed E-state index contributed by atoms with van der Waals surface area (Å²) >= 11 is 1.28. The minimum Gasteiger partial charge on any atom is -0.299 e. The Bertz CT molecular complexity index is 837. The summed E-state index contributed by atoms with van der Waals surface area (Å²) in [4.78, 5) is 12.0. The molecule has 0 atom stereocenters. The van der Waals surface area contributed by atoms with E-state index in [9.17, 15) is 17.6 Å². The van der Waals surface area contributed by atoms with Crippen molar-refractivity contribution in [2.24, 2.45) is 0 Å². The molecule has 0 spiro atoms. The minimum atomic E-state index is -3.88. The summed E-state index contributed by atoms with van der Waals surface area (Å²) < 4.78 is 38.6. The van der Waals surface area contributed by atoms with Gasteiger partial charge in [-0.05, 0) is 30.7 Å². The first-order valence-electron chi connectivity index (χ1n) is 8.17. The Balaban J connectivity index is 1.93. The van der Waals surface area contributed by atoms with Crippen LogP contribution in [-0.2, 0) is 21.2 Å². The molecule has 7 nitrogen and oxygen atoms in total. The van der Waals surface area contributed by atoms with E-state index in [1.165, 1.54) is 18.4 Å². The van der Waals surface area contributed by atoms with Gasteiger partial charge < -0.3 is 0 Å². The molecule has 0 fully saturated rings. The van der Waals surface area contributed by atoms with Crippen LogP contribution in [0.3, 0.4) is 0 Å². The summed E-state index contributed by atoms with van der Waals surface area (Å²) in [7, 11) is -2.59. The first-order chi connectivity index (χ1) is 12.3. The summed E-state index contributed by atoms with van der Waals surface area (Å²) in [6, 6.07) is 4.43. The fourth-order valence-electron chi connectivity index (χ4n) is 2.16. The Kier molecular flexibility index (Phi) is 7.18. The molecule has 0 aliphatic rings. The number of anilines is 1. The SMILES string of the molecule is CCCCCc1nnc(NC(=O)CN(C)S(=O)(=O)c2ccc(F)cc2)s1. The average molecular weight is 401 g/mol. The van der Waals surface area contributed by atoms with Crippen LogP contribution in [-0.4, -0.2) is 42.4 Å². The second kappa shape index (κ2) is 9.15. The van der Waals surface area contributed by atoms with E-state index < -0.39 is 21.7 Å². The fraction of sp³-hybridized carbons (Fsp3) is 0.438. The molecule has 0 radical (unpaired) electrons. The molecule has 2 aromatic rings. The van der Waals surface area contributed by atoms with Crippen molar-refractivity contribution in [1.82, 2.24) is 14.5 Å². The molecule has 1 aromatic heterocycles. The molecule has 10 heteroatoms. The monoisotopic (exact) mass is 400 g/mol. The van der Waals surface area contributed by atoms with Crippen LogP contribution in [0.5, 0.6) is 0 Å². The summed E-state index contributed by atoms with van der Waals surface area (Å²) in [5.41, 5.74) is 0. The Morgan fingerprint density at radius 3 is 2.58 bits per heavy atom. The highest BCUT2D eigenvalue weighted by atomic mass is 32.2. The van der Waals surface area contributed by atoms with E-state index in [2.05, 4.69) is 22.4 Å². The van der Waals surface area contributed by atoms with Crippen molar-refractivity contribution in [2.75, 3.05) is 18.9 Å². The number of rotatable bonds is 9. The molecule has 0 saturated heterocycles. The molecule has 0 saturated carbocycles. The maximum Gasteiger partial charge on any atom is 0.243 e. The quantitative estimate of drug-likeness (QED) is 0.654. The Morgan fingerprint density at radius 2 is 1.92 bits per heavy atom. The van der Waals surface area contributed by atoms with Crippen LogP contribution in [0.2, 0.25) is 0 Å². The van der Waals surface area contributed by atoms with Crippen molar-refractivity contribution in [2.45, 2.75) is 37.5 Å². The van der Waals surface area contributed by atoms with E-state index in [1.54, 1.807) is 0 Å². The van der Waals surface area contributed by atoms with Crippen LogP contribution in [0, 0.1) is 5.82 Å². The first-order valence-corrected chi connectivity index (χ1v) is 10.4. The standard InChI is InChI=1S/C16H21FN4O3S2/c1-3-4-5-6-15-19-20-16(25-15)18-14(22)11-21(2)26(23,24)13-9-7-12(17)8-10-13/h7-10H,3-6,11H2,1-2H3,(H,18,20,22). The van der Waals surface area contributed by atoms with Crippen molar-refractivity contribution in [3.8, 4) is 0 Å². The second-order valence-electron chi connectivity index (χ2n) is 5.72. The zero-order valence-corrected chi connectivity index (χ0v) is 16.2. The third kappa shape index (κ3) is 5.55. The Labute approximate surface area is 156 Å². The van der Waals surface area contributed by atoms with Gasteiger partial charge in [-0.25, -0.2) is 12.8 Å². The normalized spacial score (nSPS) is 11.7. The molecule has 142 valence electrons. The molecule has 1 amide bonds. The van der Waals surface area contributed by atoms with Gasteiger partial charge >= 0.3 is 0 Å². The number of benzene rings is 1. The molecule has 1 heterocycles. The molecule has 26 heavy (non-hydrogen) atoms. The number of likely N-dealkylation sites (N-methyl/N-ethyl adjacent to an activating group) is 1. The second-order valence-corrected chi connectivity index (χ2v) is 8.83. The number of carbonyl (C=O) groups is 1. The number of carbonyl (C=O) groups excluding carboxylic acids is 1. The van der Waals surface area contributed by atoms with Crippen LogP contribution >= 0.6 is 11.3 Å². The van der Waals surface area contributed by atoms with Gasteiger partial charge in [0.2, 0.25) is 21.1 Å². The Morgan fingerprint density at radius 1 is 1.23 bits per heavy atom. The topological polar surface area (TPSA) is 92.3 Å².